The van der Waals surface area contributed by atoms with E-state index in [1.807, 2.05) is 36.4 Å². The molecule has 35 heavy (non-hydrogen) atoms. The maximum atomic E-state index is 5.83. The number of nitrogens with one attached hydrogen (secondary N) is 1. The van der Waals surface area contributed by atoms with Crippen LogP contribution < -0.4 is 41.2 Å². The number of rotatable bonds is 7. The number of halogens is 1. The summed E-state index contributed by atoms with van der Waals surface area (Å²) in [6, 6.07) is 20.6. The summed E-state index contributed by atoms with van der Waals surface area (Å²) in [5, 5.41) is 5.92. The van der Waals surface area contributed by atoms with Crippen molar-refractivity contribution >= 4 is 16.5 Å². The second-order valence-electron chi connectivity index (χ2n) is 8.55. The molecule has 0 radical (unpaired) electrons. The number of nitrogens with zero attached hydrogens (tertiary/aromatic N) is 1. The Labute approximate surface area is 210 Å². The Balaban J connectivity index is 0.00000253. The molecule has 6 rings (SSSR count). The van der Waals surface area contributed by atoms with Crippen molar-refractivity contribution in [1.29, 1.82) is 0 Å². The number of hydrogen-bond donors (Lipinski definition) is 1. The molecule has 2 aliphatic rings. The number of methoxy groups -OCH3 is 1. The first kappa shape index (κ1) is 23.1. The Morgan fingerprint density at radius 2 is 1.83 bits per heavy atom. The highest BCUT2D eigenvalue weighted by molar-refractivity contribution is 5.97. The van der Waals surface area contributed by atoms with Crippen molar-refractivity contribution in [2.45, 2.75) is 19.4 Å². The molecule has 3 aromatic carbocycles. The zero-order valence-electron chi connectivity index (χ0n) is 19.6. The van der Waals surface area contributed by atoms with Crippen molar-refractivity contribution in [1.82, 2.24) is 0 Å². The fourth-order valence-electron chi connectivity index (χ4n) is 4.77. The van der Waals surface area contributed by atoms with Gasteiger partial charge in [-0.1, -0.05) is 24.3 Å². The SMILES string of the molecule is COc1ccc2cc3[n+](cc2c1NCCCOc1ccccc1)CCc1cc2c(cc1-3)OCO2.[Cl-]. The predicted molar refractivity (Wildman–Crippen MR) is 131 cm³/mol. The van der Waals surface area contributed by atoms with Crippen LogP contribution >= 0.6 is 0 Å². The van der Waals surface area contributed by atoms with E-state index in [9.17, 15) is 0 Å². The molecule has 0 amide bonds. The first-order valence-corrected chi connectivity index (χ1v) is 11.7. The predicted octanol–water partition coefficient (Wildman–Crippen LogP) is 1.97. The number of aryl methyl sites for hydroxylation is 2. The first-order chi connectivity index (χ1) is 16.8. The monoisotopic (exact) mass is 490 g/mol. The number of benzene rings is 3. The second kappa shape index (κ2) is 9.92. The second-order valence-corrected chi connectivity index (χ2v) is 8.55. The number of ether oxygens (including phenoxy) is 4. The van der Waals surface area contributed by atoms with Gasteiger partial charge in [0.2, 0.25) is 12.5 Å². The molecule has 0 aliphatic carbocycles. The van der Waals surface area contributed by atoms with Gasteiger partial charge in [-0.05, 0) is 47.7 Å². The minimum Gasteiger partial charge on any atom is -1.00 e. The summed E-state index contributed by atoms with van der Waals surface area (Å²) in [7, 11) is 1.72. The molecule has 0 atom stereocenters. The van der Waals surface area contributed by atoms with Crippen molar-refractivity contribution in [3.05, 3.63) is 72.4 Å². The molecular weight excluding hydrogens is 464 g/mol. The molecule has 0 bridgehead atoms. The minimum atomic E-state index is 0. The van der Waals surface area contributed by atoms with Gasteiger partial charge in [-0.3, -0.25) is 0 Å². The topological polar surface area (TPSA) is 52.8 Å². The summed E-state index contributed by atoms with van der Waals surface area (Å²) in [5.41, 5.74) is 4.72. The molecule has 4 aromatic rings. The van der Waals surface area contributed by atoms with Crippen LogP contribution in [0.4, 0.5) is 5.69 Å². The van der Waals surface area contributed by atoms with Gasteiger partial charge in [0.05, 0.1) is 30.4 Å². The number of para-hydroxylation sites is 1. The van der Waals surface area contributed by atoms with Crippen LogP contribution in [-0.2, 0) is 13.0 Å². The Morgan fingerprint density at radius 3 is 2.66 bits per heavy atom. The molecule has 0 fully saturated rings. The Kier molecular flexibility index (Phi) is 6.55. The Hall–Kier alpha value is -3.64. The average Bonchev–Trinajstić information content (AvgIpc) is 3.34. The molecule has 6 nitrogen and oxygen atoms in total. The van der Waals surface area contributed by atoms with E-state index >= 15 is 0 Å². The maximum absolute atomic E-state index is 5.83. The molecule has 3 heterocycles. The van der Waals surface area contributed by atoms with Gasteiger partial charge in [0.25, 0.3) is 0 Å². The van der Waals surface area contributed by atoms with Crippen molar-refractivity contribution < 1.29 is 35.9 Å². The molecule has 180 valence electrons. The van der Waals surface area contributed by atoms with Crippen LogP contribution in [0.2, 0.25) is 0 Å². The van der Waals surface area contributed by atoms with Crippen molar-refractivity contribution in [3.63, 3.8) is 0 Å². The van der Waals surface area contributed by atoms with Crippen LogP contribution in [0.3, 0.4) is 0 Å². The zero-order valence-corrected chi connectivity index (χ0v) is 20.3. The lowest BCUT2D eigenvalue weighted by atomic mass is 9.95. The van der Waals surface area contributed by atoms with Gasteiger partial charge in [0, 0.05) is 19.0 Å². The summed E-state index contributed by atoms with van der Waals surface area (Å²) in [5.74, 6) is 3.41. The highest BCUT2D eigenvalue weighted by atomic mass is 35.5. The molecule has 7 heteroatoms. The normalized spacial score (nSPS) is 12.9. The summed E-state index contributed by atoms with van der Waals surface area (Å²) in [4.78, 5) is 0. The highest BCUT2D eigenvalue weighted by Crippen LogP contribution is 2.41. The lowest BCUT2D eigenvalue weighted by Gasteiger charge is -2.18. The Bertz CT molecular complexity index is 1360. The van der Waals surface area contributed by atoms with Crippen molar-refractivity contribution in [2.24, 2.45) is 0 Å². The van der Waals surface area contributed by atoms with E-state index in [1.54, 1.807) is 7.11 Å². The van der Waals surface area contributed by atoms with Crippen LogP contribution in [0.1, 0.15) is 12.0 Å². The average molecular weight is 491 g/mol. The summed E-state index contributed by atoms with van der Waals surface area (Å²) in [6.07, 6.45) is 4.08. The number of hydrogen-bond acceptors (Lipinski definition) is 5. The number of fused-ring (bicyclic) bond motifs is 5. The maximum Gasteiger partial charge on any atom is 0.231 e. The van der Waals surface area contributed by atoms with Crippen LogP contribution in [0.15, 0.2) is 66.9 Å². The van der Waals surface area contributed by atoms with E-state index < -0.39 is 0 Å². The molecule has 1 N–H and O–H groups in total. The summed E-state index contributed by atoms with van der Waals surface area (Å²) >= 11 is 0. The van der Waals surface area contributed by atoms with Gasteiger partial charge in [-0.25, -0.2) is 0 Å². The van der Waals surface area contributed by atoms with E-state index in [0.29, 0.717) is 13.4 Å². The minimum absolute atomic E-state index is 0. The van der Waals surface area contributed by atoms with Crippen LogP contribution in [0.5, 0.6) is 23.0 Å². The Morgan fingerprint density at radius 1 is 1.00 bits per heavy atom. The molecule has 0 saturated heterocycles. The standard InChI is InChI=1S/C28H26N2O4.ClH/c1-31-25-9-8-19-14-24-22-16-27-26(33-18-34-27)15-20(22)10-12-30(24)17-23(19)28(25)29-11-5-13-32-21-6-3-2-4-7-21;/h2-4,6-9,14-17H,5,10-13,18H2,1H3;1H. The van der Waals surface area contributed by atoms with E-state index in [1.165, 1.54) is 22.2 Å². The molecule has 0 spiro atoms. The van der Waals surface area contributed by atoms with E-state index in [0.717, 1.165) is 60.0 Å². The number of anilines is 1. The van der Waals surface area contributed by atoms with E-state index in [2.05, 4.69) is 40.3 Å². The van der Waals surface area contributed by atoms with E-state index in [-0.39, 0.29) is 12.4 Å². The van der Waals surface area contributed by atoms with Gasteiger partial charge in [0.1, 0.15) is 11.5 Å². The van der Waals surface area contributed by atoms with Gasteiger partial charge >= 0.3 is 0 Å². The molecule has 2 aliphatic heterocycles. The number of pyridine rings is 1. The zero-order chi connectivity index (χ0) is 22.9. The van der Waals surface area contributed by atoms with Crippen LogP contribution in [0.25, 0.3) is 22.0 Å². The third-order valence-electron chi connectivity index (χ3n) is 6.48. The van der Waals surface area contributed by atoms with Gasteiger partial charge in [0.15, 0.2) is 24.2 Å². The van der Waals surface area contributed by atoms with E-state index in [4.69, 9.17) is 18.9 Å². The smallest absolute Gasteiger partial charge is 0.231 e. The fraction of sp³-hybridized carbons (Fsp3) is 0.250. The lowest BCUT2D eigenvalue weighted by molar-refractivity contribution is -0.686. The third-order valence-corrected chi connectivity index (χ3v) is 6.48. The molecule has 1 aromatic heterocycles. The lowest BCUT2D eigenvalue weighted by Crippen LogP contribution is -3.00. The van der Waals surface area contributed by atoms with Crippen molar-refractivity contribution in [2.75, 3.05) is 32.4 Å². The third kappa shape index (κ3) is 4.42. The van der Waals surface area contributed by atoms with Crippen LogP contribution in [0, 0.1) is 0 Å². The number of aromatic nitrogens is 1. The van der Waals surface area contributed by atoms with Gasteiger partial charge < -0.3 is 36.7 Å². The van der Waals surface area contributed by atoms with Gasteiger partial charge in [-0.2, -0.15) is 4.57 Å². The quantitative estimate of drug-likeness (QED) is 0.317. The largest absolute Gasteiger partial charge is 1.00 e. The van der Waals surface area contributed by atoms with Crippen LogP contribution in [-0.4, -0.2) is 27.1 Å². The summed E-state index contributed by atoms with van der Waals surface area (Å²) in [6.45, 7) is 2.65. The molecule has 0 saturated carbocycles. The van der Waals surface area contributed by atoms with Crippen molar-refractivity contribution in [3.8, 4) is 34.3 Å². The highest BCUT2D eigenvalue weighted by Gasteiger charge is 2.28. The fourth-order valence-corrected chi connectivity index (χ4v) is 4.77. The molecular formula is C28H27ClN2O4. The molecule has 0 unspecified atom stereocenters. The van der Waals surface area contributed by atoms with Gasteiger partial charge in [-0.15, -0.1) is 0 Å². The first-order valence-electron chi connectivity index (χ1n) is 11.7. The summed E-state index contributed by atoms with van der Waals surface area (Å²) < 4.78 is 25.1.